The van der Waals surface area contributed by atoms with Crippen molar-refractivity contribution >= 4 is 28.3 Å². The van der Waals surface area contributed by atoms with Crippen LogP contribution in [0.1, 0.15) is 13.8 Å². The SMILES string of the molecule is CCN(CC)c1nc(Cl)nc2c(OC)c(OC)c(OC)cc12. The zero-order chi connectivity index (χ0) is 16.3. The van der Waals surface area contributed by atoms with Gasteiger partial charge in [0.25, 0.3) is 0 Å². The Hall–Kier alpha value is -1.95. The molecule has 1 aromatic carbocycles. The number of aromatic nitrogens is 2. The number of methoxy groups -OCH3 is 3. The number of ether oxygens (including phenoxy) is 3. The number of halogens is 1. The van der Waals surface area contributed by atoms with Crippen molar-refractivity contribution < 1.29 is 14.2 Å². The second-order valence-corrected chi connectivity index (χ2v) is 4.87. The molecule has 0 fully saturated rings. The highest BCUT2D eigenvalue weighted by molar-refractivity contribution is 6.29. The number of rotatable bonds is 6. The Labute approximate surface area is 135 Å². The van der Waals surface area contributed by atoms with E-state index in [9.17, 15) is 0 Å². The molecule has 1 aromatic heterocycles. The molecule has 2 aromatic rings. The van der Waals surface area contributed by atoms with Crippen molar-refractivity contribution in [3.05, 3.63) is 11.3 Å². The summed E-state index contributed by atoms with van der Waals surface area (Å²) in [6.07, 6.45) is 0. The Balaban J connectivity index is 2.89. The first kappa shape index (κ1) is 16.4. The number of benzene rings is 1. The molecule has 0 saturated heterocycles. The fraction of sp³-hybridized carbons (Fsp3) is 0.467. The van der Waals surface area contributed by atoms with E-state index >= 15 is 0 Å². The Morgan fingerprint density at radius 2 is 1.64 bits per heavy atom. The van der Waals surface area contributed by atoms with Crippen LogP contribution in [0.2, 0.25) is 5.28 Å². The van der Waals surface area contributed by atoms with Gasteiger partial charge in [-0.1, -0.05) is 0 Å². The number of fused-ring (bicyclic) bond motifs is 1. The van der Waals surface area contributed by atoms with E-state index in [0.29, 0.717) is 22.8 Å². The van der Waals surface area contributed by atoms with E-state index < -0.39 is 0 Å². The first-order chi connectivity index (χ1) is 10.6. The molecule has 2 rings (SSSR count). The quantitative estimate of drug-likeness (QED) is 0.760. The summed E-state index contributed by atoms with van der Waals surface area (Å²) in [6, 6.07) is 1.85. The largest absolute Gasteiger partial charge is 0.493 e. The first-order valence-corrected chi connectivity index (χ1v) is 7.40. The lowest BCUT2D eigenvalue weighted by Crippen LogP contribution is -2.23. The van der Waals surface area contributed by atoms with Gasteiger partial charge in [0.05, 0.1) is 26.7 Å². The summed E-state index contributed by atoms with van der Waals surface area (Å²) in [5, 5.41) is 0.975. The number of anilines is 1. The van der Waals surface area contributed by atoms with E-state index in [-0.39, 0.29) is 5.28 Å². The Bertz CT molecular complexity index is 675. The third kappa shape index (κ3) is 2.70. The summed E-state index contributed by atoms with van der Waals surface area (Å²) in [5.41, 5.74) is 0.599. The van der Waals surface area contributed by atoms with E-state index in [1.807, 2.05) is 6.07 Å². The van der Waals surface area contributed by atoms with Crippen LogP contribution in [0.3, 0.4) is 0 Å². The normalized spacial score (nSPS) is 10.6. The lowest BCUT2D eigenvalue weighted by Gasteiger charge is -2.23. The van der Waals surface area contributed by atoms with Gasteiger partial charge in [-0.25, -0.2) is 4.98 Å². The van der Waals surface area contributed by atoms with Crippen molar-refractivity contribution in [1.82, 2.24) is 9.97 Å². The van der Waals surface area contributed by atoms with Gasteiger partial charge in [-0.05, 0) is 31.5 Å². The van der Waals surface area contributed by atoms with Gasteiger partial charge in [-0.2, -0.15) is 4.98 Å². The van der Waals surface area contributed by atoms with Crippen LogP contribution in [0.5, 0.6) is 17.2 Å². The summed E-state index contributed by atoms with van der Waals surface area (Å²) in [5.74, 6) is 2.28. The lowest BCUT2D eigenvalue weighted by molar-refractivity contribution is 0.327. The zero-order valence-corrected chi connectivity index (χ0v) is 14.2. The fourth-order valence-corrected chi connectivity index (χ4v) is 2.62. The zero-order valence-electron chi connectivity index (χ0n) is 13.4. The second kappa shape index (κ2) is 6.87. The molecule has 0 radical (unpaired) electrons. The molecule has 0 aliphatic rings. The molecule has 0 unspecified atom stereocenters. The molecule has 0 aliphatic heterocycles. The van der Waals surface area contributed by atoms with Crippen LogP contribution >= 0.6 is 11.6 Å². The van der Waals surface area contributed by atoms with E-state index in [1.165, 1.54) is 0 Å². The van der Waals surface area contributed by atoms with Crippen molar-refractivity contribution in [2.75, 3.05) is 39.3 Å². The molecule has 0 N–H and O–H groups in total. The summed E-state index contributed by atoms with van der Waals surface area (Å²) in [7, 11) is 4.70. The first-order valence-electron chi connectivity index (χ1n) is 7.02. The fourth-order valence-electron chi connectivity index (χ4n) is 2.45. The van der Waals surface area contributed by atoms with Crippen LogP contribution in [-0.4, -0.2) is 44.4 Å². The Kier molecular flexibility index (Phi) is 5.13. The van der Waals surface area contributed by atoms with E-state index in [2.05, 4.69) is 28.7 Å². The maximum Gasteiger partial charge on any atom is 0.225 e. The van der Waals surface area contributed by atoms with Crippen molar-refractivity contribution in [3.8, 4) is 17.2 Å². The topological polar surface area (TPSA) is 56.7 Å². The van der Waals surface area contributed by atoms with Crippen LogP contribution in [0.25, 0.3) is 10.9 Å². The summed E-state index contributed by atoms with van der Waals surface area (Å²) >= 11 is 6.10. The molecule has 22 heavy (non-hydrogen) atoms. The van der Waals surface area contributed by atoms with Gasteiger partial charge in [0.2, 0.25) is 11.0 Å². The van der Waals surface area contributed by atoms with Crippen LogP contribution in [0.15, 0.2) is 6.07 Å². The van der Waals surface area contributed by atoms with Gasteiger partial charge in [0, 0.05) is 13.1 Å². The van der Waals surface area contributed by atoms with Crippen LogP contribution in [-0.2, 0) is 0 Å². The van der Waals surface area contributed by atoms with Gasteiger partial charge >= 0.3 is 0 Å². The van der Waals surface area contributed by atoms with E-state index in [0.717, 1.165) is 24.3 Å². The van der Waals surface area contributed by atoms with Crippen molar-refractivity contribution in [2.45, 2.75) is 13.8 Å². The van der Waals surface area contributed by atoms with Gasteiger partial charge in [-0.15, -0.1) is 0 Å². The summed E-state index contributed by atoms with van der Waals surface area (Å²) in [4.78, 5) is 10.8. The third-order valence-corrected chi connectivity index (χ3v) is 3.68. The van der Waals surface area contributed by atoms with Crippen molar-refractivity contribution in [2.24, 2.45) is 0 Å². The number of nitrogens with zero attached hydrogens (tertiary/aromatic N) is 3. The minimum absolute atomic E-state index is 0.167. The van der Waals surface area contributed by atoms with Crippen LogP contribution in [0, 0.1) is 0 Å². The third-order valence-electron chi connectivity index (χ3n) is 3.51. The molecular formula is C15H20ClN3O3. The molecule has 0 spiro atoms. The predicted octanol–water partition coefficient (Wildman–Crippen LogP) is 3.16. The molecule has 0 bridgehead atoms. The van der Waals surface area contributed by atoms with E-state index in [1.54, 1.807) is 21.3 Å². The Morgan fingerprint density at radius 1 is 1.00 bits per heavy atom. The van der Waals surface area contributed by atoms with Gasteiger partial charge in [0.1, 0.15) is 11.3 Å². The highest BCUT2D eigenvalue weighted by Gasteiger charge is 2.22. The maximum absolute atomic E-state index is 6.10. The molecular weight excluding hydrogens is 306 g/mol. The maximum atomic E-state index is 6.10. The van der Waals surface area contributed by atoms with Crippen LogP contribution < -0.4 is 19.1 Å². The van der Waals surface area contributed by atoms with Gasteiger partial charge in [0.15, 0.2) is 11.5 Å². The summed E-state index contributed by atoms with van der Waals surface area (Å²) in [6.45, 7) is 5.72. The summed E-state index contributed by atoms with van der Waals surface area (Å²) < 4.78 is 16.3. The minimum Gasteiger partial charge on any atom is -0.493 e. The molecule has 0 atom stereocenters. The smallest absolute Gasteiger partial charge is 0.225 e. The number of hydrogen-bond donors (Lipinski definition) is 0. The molecule has 6 nitrogen and oxygen atoms in total. The van der Waals surface area contributed by atoms with Gasteiger partial charge < -0.3 is 19.1 Å². The second-order valence-electron chi connectivity index (χ2n) is 4.53. The molecule has 0 aliphatic carbocycles. The number of hydrogen-bond acceptors (Lipinski definition) is 6. The van der Waals surface area contributed by atoms with Crippen molar-refractivity contribution in [3.63, 3.8) is 0 Å². The monoisotopic (exact) mass is 325 g/mol. The van der Waals surface area contributed by atoms with E-state index in [4.69, 9.17) is 25.8 Å². The molecule has 0 saturated carbocycles. The standard InChI is InChI=1S/C15H20ClN3O3/c1-6-19(7-2)14-9-8-10(20-3)12(21-4)13(22-5)11(9)17-15(16)18-14/h8H,6-7H2,1-5H3. The van der Waals surface area contributed by atoms with Gasteiger partial charge in [-0.3, -0.25) is 0 Å². The molecule has 120 valence electrons. The van der Waals surface area contributed by atoms with Crippen molar-refractivity contribution in [1.29, 1.82) is 0 Å². The molecule has 1 heterocycles. The lowest BCUT2D eigenvalue weighted by atomic mass is 10.1. The Morgan fingerprint density at radius 3 is 2.14 bits per heavy atom. The highest BCUT2D eigenvalue weighted by atomic mass is 35.5. The minimum atomic E-state index is 0.167. The average Bonchev–Trinajstić information content (AvgIpc) is 2.53. The van der Waals surface area contributed by atoms with Crippen LogP contribution in [0.4, 0.5) is 5.82 Å². The molecule has 7 heteroatoms. The predicted molar refractivity (Wildman–Crippen MR) is 87.8 cm³/mol. The highest BCUT2D eigenvalue weighted by Crippen LogP contribution is 2.44. The molecule has 0 amide bonds. The average molecular weight is 326 g/mol.